The molecule has 2 N–H and O–H groups in total. The van der Waals surface area contributed by atoms with Gasteiger partial charge in [-0.25, -0.2) is 9.59 Å². The highest BCUT2D eigenvalue weighted by Gasteiger charge is 2.19. The molecule has 28 heavy (non-hydrogen) atoms. The lowest BCUT2D eigenvalue weighted by Crippen LogP contribution is -2.24. The zero-order chi connectivity index (χ0) is 20.5. The van der Waals surface area contributed by atoms with Crippen LogP contribution in [-0.2, 0) is 14.3 Å². The van der Waals surface area contributed by atoms with Crippen LogP contribution >= 0.6 is 0 Å². The lowest BCUT2D eigenvalue weighted by Gasteiger charge is -2.10. The van der Waals surface area contributed by atoms with E-state index in [4.69, 9.17) is 4.74 Å². The van der Waals surface area contributed by atoms with Crippen molar-refractivity contribution >= 4 is 29.4 Å². The number of benzene rings is 2. The molecule has 2 aromatic rings. The van der Waals surface area contributed by atoms with Crippen molar-refractivity contribution in [2.75, 3.05) is 25.6 Å². The van der Waals surface area contributed by atoms with Gasteiger partial charge in [0.05, 0.1) is 18.2 Å². The normalized spacial score (nSPS) is 9.93. The third kappa shape index (κ3) is 5.41. The molecular formula is C20H20N2O6. The van der Waals surface area contributed by atoms with Crippen molar-refractivity contribution in [1.29, 1.82) is 0 Å². The van der Waals surface area contributed by atoms with Crippen LogP contribution in [0.1, 0.15) is 38.0 Å². The van der Waals surface area contributed by atoms with E-state index in [1.807, 2.05) is 0 Å². The molecular weight excluding hydrogens is 364 g/mol. The first-order chi connectivity index (χ1) is 13.5. The van der Waals surface area contributed by atoms with Gasteiger partial charge in [-0.15, -0.1) is 0 Å². The van der Waals surface area contributed by atoms with Gasteiger partial charge >= 0.3 is 11.9 Å². The van der Waals surface area contributed by atoms with Crippen LogP contribution in [0.3, 0.4) is 0 Å². The van der Waals surface area contributed by atoms with E-state index in [9.17, 15) is 19.2 Å². The summed E-state index contributed by atoms with van der Waals surface area (Å²) in [5.41, 5.74) is 0.828. The van der Waals surface area contributed by atoms with Crippen LogP contribution in [0.5, 0.6) is 0 Å². The van der Waals surface area contributed by atoms with Crippen molar-refractivity contribution in [3.63, 3.8) is 0 Å². The van der Waals surface area contributed by atoms with Crippen molar-refractivity contribution in [3.8, 4) is 0 Å². The zero-order valence-corrected chi connectivity index (χ0v) is 15.5. The number of carbonyl (C=O) groups is 4. The van der Waals surface area contributed by atoms with Gasteiger partial charge in [0.25, 0.3) is 11.8 Å². The van der Waals surface area contributed by atoms with Crippen molar-refractivity contribution in [2.45, 2.75) is 6.92 Å². The van der Waals surface area contributed by atoms with Gasteiger partial charge in [-0.05, 0) is 37.3 Å². The smallest absolute Gasteiger partial charge is 0.339 e. The minimum Gasteiger partial charge on any atom is -0.465 e. The molecule has 0 bridgehead atoms. The van der Waals surface area contributed by atoms with E-state index >= 15 is 0 Å². The Morgan fingerprint density at radius 2 is 1.61 bits per heavy atom. The van der Waals surface area contributed by atoms with Crippen LogP contribution < -0.4 is 10.6 Å². The molecule has 0 aliphatic carbocycles. The summed E-state index contributed by atoms with van der Waals surface area (Å²) in [5, 5.41) is 5.21. The maximum absolute atomic E-state index is 12.2. The second kappa shape index (κ2) is 9.86. The Morgan fingerprint density at radius 1 is 0.929 bits per heavy atom. The Balaban J connectivity index is 1.98. The van der Waals surface area contributed by atoms with Crippen LogP contribution in [0, 0.1) is 0 Å². The lowest BCUT2D eigenvalue weighted by atomic mass is 10.1. The predicted molar refractivity (Wildman–Crippen MR) is 101 cm³/mol. The van der Waals surface area contributed by atoms with Gasteiger partial charge in [0.1, 0.15) is 0 Å². The Kier molecular flexibility index (Phi) is 7.27. The highest BCUT2D eigenvalue weighted by Crippen LogP contribution is 2.13. The van der Waals surface area contributed by atoms with E-state index in [2.05, 4.69) is 15.4 Å². The number of hydrogen-bond donors (Lipinski definition) is 2. The van der Waals surface area contributed by atoms with Crippen molar-refractivity contribution in [3.05, 3.63) is 65.2 Å². The second-order valence-corrected chi connectivity index (χ2v) is 5.60. The monoisotopic (exact) mass is 384 g/mol. The number of methoxy groups -OCH3 is 1. The average molecular weight is 384 g/mol. The molecule has 0 aromatic heterocycles. The molecule has 2 amide bonds. The zero-order valence-electron chi connectivity index (χ0n) is 15.5. The highest BCUT2D eigenvalue weighted by molar-refractivity contribution is 6.04. The third-order valence-corrected chi connectivity index (χ3v) is 3.63. The Hall–Kier alpha value is -3.68. The summed E-state index contributed by atoms with van der Waals surface area (Å²) in [4.78, 5) is 47.8. The van der Waals surface area contributed by atoms with E-state index in [0.29, 0.717) is 17.8 Å². The summed E-state index contributed by atoms with van der Waals surface area (Å²) in [6, 6.07) is 12.3. The van der Waals surface area contributed by atoms with Gasteiger partial charge < -0.3 is 20.1 Å². The first kappa shape index (κ1) is 20.6. The highest BCUT2D eigenvalue weighted by atomic mass is 16.5. The van der Waals surface area contributed by atoms with Crippen LogP contribution in [0.4, 0.5) is 5.69 Å². The van der Waals surface area contributed by atoms with E-state index in [0.717, 1.165) is 0 Å². The van der Waals surface area contributed by atoms with Gasteiger partial charge in [0, 0.05) is 17.8 Å². The number of rotatable bonds is 7. The van der Waals surface area contributed by atoms with Crippen LogP contribution in [0.25, 0.3) is 0 Å². The van der Waals surface area contributed by atoms with E-state index in [-0.39, 0.29) is 17.0 Å². The predicted octanol–water partition coefficient (Wildman–Crippen LogP) is 2.02. The molecule has 0 aliphatic heterocycles. The minimum atomic E-state index is -0.827. The number of anilines is 1. The fourth-order valence-electron chi connectivity index (χ4n) is 2.36. The van der Waals surface area contributed by atoms with Crippen molar-refractivity contribution in [2.24, 2.45) is 0 Å². The number of ether oxygens (including phenoxy) is 2. The first-order valence-corrected chi connectivity index (χ1v) is 8.48. The summed E-state index contributed by atoms with van der Waals surface area (Å²) in [7, 11) is 1.20. The van der Waals surface area contributed by atoms with Crippen molar-refractivity contribution < 1.29 is 28.7 Å². The maximum Gasteiger partial charge on any atom is 0.339 e. The van der Waals surface area contributed by atoms with Gasteiger partial charge in [0.15, 0.2) is 6.61 Å². The van der Waals surface area contributed by atoms with Gasteiger partial charge in [0.2, 0.25) is 0 Å². The molecule has 0 unspecified atom stereocenters. The van der Waals surface area contributed by atoms with Crippen molar-refractivity contribution in [1.82, 2.24) is 5.32 Å². The first-order valence-electron chi connectivity index (χ1n) is 8.48. The summed E-state index contributed by atoms with van der Waals surface area (Å²) < 4.78 is 9.60. The van der Waals surface area contributed by atoms with Crippen LogP contribution in [-0.4, -0.2) is 44.0 Å². The molecule has 8 nitrogen and oxygen atoms in total. The summed E-state index contributed by atoms with van der Waals surface area (Å²) in [6.07, 6.45) is 0. The molecule has 8 heteroatoms. The summed E-state index contributed by atoms with van der Waals surface area (Å²) in [6.45, 7) is 1.73. The topological polar surface area (TPSA) is 111 Å². The fourth-order valence-corrected chi connectivity index (χ4v) is 2.36. The Labute approximate surface area is 161 Å². The molecule has 0 spiro atoms. The van der Waals surface area contributed by atoms with Gasteiger partial charge in [-0.2, -0.15) is 0 Å². The van der Waals surface area contributed by atoms with Gasteiger partial charge in [-0.1, -0.05) is 18.2 Å². The molecule has 146 valence electrons. The number of nitrogens with one attached hydrogen (secondary N) is 2. The molecule has 0 saturated carbocycles. The molecule has 2 aromatic carbocycles. The second-order valence-electron chi connectivity index (χ2n) is 5.60. The lowest BCUT2D eigenvalue weighted by molar-refractivity contribution is -0.119. The average Bonchev–Trinajstić information content (AvgIpc) is 2.71. The quantitative estimate of drug-likeness (QED) is 0.707. The molecule has 0 saturated heterocycles. The summed E-state index contributed by atoms with van der Waals surface area (Å²) >= 11 is 0. The fraction of sp³-hybridized carbons (Fsp3) is 0.200. The number of hydrogen-bond acceptors (Lipinski definition) is 6. The minimum absolute atomic E-state index is 0.000356. The number of esters is 2. The van der Waals surface area contributed by atoms with Crippen LogP contribution in [0.2, 0.25) is 0 Å². The maximum atomic E-state index is 12.2. The van der Waals surface area contributed by atoms with E-state index in [1.165, 1.54) is 25.3 Å². The van der Waals surface area contributed by atoms with Crippen LogP contribution in [0.15, 0.2) is 48.5 Å². The third-order valence-electron chi connectivity index (χ3n) is 3.63. The molecule has 0 fully saturated rings. The van der Waals surface area contributed by atoms with Gasteiger partial charge in [-0.3, -0.25) is 9.59 Å². The van der Waals surface area contributed by atoms with E-state index in [1.54, 1.807) is 37.3 Å². The molecule has 0 aliphatic rings. The largest absolute Gasteiger partial charge is 0.465 e. The van der Waals surface area contributed by atoms with E-state index < -0.39 is 24.5 Å². The molecule has 0 radical (unpaired) electrons. The standard InChI is InChI=1S/C20H20N2O6/c1-3-21-18(24)13-7-6-8-14(11-13)22-17(23)12-28-20(26)16-10-5-4-9-15(16)19(25)27-2/h4-11H,3,12H2,1-2H3,(H,21,24)(H,22,23). The molecule has 0 atom stereocenters. The number of amides is 2. The summed E-state index contributed by atoms with van der Waals surface area (Å²) in [5.74, 6) is -2.35. The Morgan fingerprint density at radius 3 is 2.25 bits per heavy atom. The molecule has 0 heterocycles. The molecule has 2 rings (SSSR count). The Bertz CT molecular complexity index is 894. The SMILES string of the molecule is CCNC(=O)c1cccc(NC(=O)COC(=O)c2ccccc2C(=O)OC)c1. The number of carbonyl (C=O) groups excluding carboxylic acids is 4.